The standard InChI is InChI=1S/C16H12FNS2/c1-10-8-12(4-7-14(10)19)15-9-18-16(20-15)11-2-5-13(17)6-3-11/h2-9,19H,1H3. The van der Waals surface area contributed by atoms with Crippen molar-refractivity contribution in [2.75, 3.05) is 0 Å². The summed E-state index contributed by atoms with van der Waals surface area (Å²) in [4.78, 5) is 6.50. The number of rotatable bonds is 2. The Kier molecular flexibility index (Phi) is 3.59. The number of thiol groups is 1. The van der Waals surface area contributed by atoms with Crippen LogP contribution in [0.1, 0.15) is 5.56 Å². The lowest BCUT2D eigenvalue weighted by molar-refractivity contribution is 0.628. The Morgan fingerprint density at radius 3 is 2.45 bits per heavy atom. The van der Waals surface area contributed by atoms with E-state index in [1.807, 2.05) is 25.3 Å². The third-order valence-electron chi connectivity index (χ3n) is 3.08. The molecule has 0 amide bonds. The first-order chi connectivity index (χ1) is 9.63. The molecule has 0 aliphatic heterocycles. The summed E-state index contributed by atoms with van der Waals surface area (Å²) in [5, 5.41) is 0.896. The van der Waals surface area contributed by atoms with E-state index in [4.69, 9.17) is 0 Å². The summed E-state index contributed by atoms with van der Waals surface area (Å²) in [5.74, 6) is -0.231. The maximum absolute atomic E-state index is 12.9. The topological polar surface area (TPSA) is 12.9 Å². The Hall–Kier alpha value is -1.65. The fraction of sp³-hybridized carbons (Fsp3) is 0.0625. The van der Waals surface area contributed by atoms with Crippen LogP contribution >= 0.6 is 24.0 Å². The highest BCUT2D eigenvalue weighted by molar-refractivity contribution is 7.80. The largest absolute Gasteiger partial charge is 0.244 e. The van der Waals surface area contributed by atoms with Gasteiger partial charge in [0.25, 0.3) is 0 Å². The highest BCUT2D eigenvalue weighted by atomic mass is 32.1. The van der Waals surface area contributed by atoms with Gasteiger partial charge in [0.1, 0.15) is 10.8 Å². The van der Waals surface area contributed by atoms with Gasteiger partial charge in [-0.3, -0.25) is 0 Å². The van der Waals surface area contributed by atoms with Gasteiger partial charge >= 0.3 is 0 Å². The lowest BCUT2D eigenvalue weighted by Gasteiger charge is -2.01. The van der Waals surface area contributed by atoms with Gasteiger partial charge in [0.05, 0.1) is 4.88 Å². The van der Waals surface area contributed by atoms with E-state index < -0.39 is 0 Å². The lowest BCUT2D eigenvalue weighted by atomic mass is 10.1. The molecule has 0 unspecified atom stereocenters. The first-order valence-corrected chi connectivity index (χ1v) is 7.41. The molecule has 20 heavy (non-hydrogen) atoms. The first-order valence-electron chi connectivity index (χ1n) is 6.15. The fourth-order valence-electron chi connectivity index (χ4n) is 1.94. The van der Waals surface area contributed by atoms with Crippen LogP contribution in [-0.2, 0) is 0 Å². The summed E-state index contributed by atoms with van der Waals surface area (Å²) < 4.78 is 12.9. The quantitative estimate of drug-likeness (QED) is 0.641. The summed E-state index contributed by atoms with van der Waals surface area (Å²) in [6.45, 7) is 2.04. The van der Waals surface area contributed by atoms with Crippen LogP contribution < -0.4 is 0 Å². The molecule has 0 spiro atoms. The third kappa shape index (κ3) is 2.62. The number of thiazole rings is 1. The van der Waals surface area contributed by atoms with E-state index in [1.165, 1.54) is 12.1 Å². The molecule has 1 aromatic heterocycles. The predicted octanol–water partition coefficient (Wildman–Crippen LogP) is 5.21. The molecule has 0 saturated heterocycles. The van der Waals surface area contributed by atoms with Gasteiger partial charge in [-0.2, -0.15) is 0 Å². The zero-order valence-corrected chi connectivity index (χ0v) is 12.5. The monoisotopic (exact) mass is 301 g/mol. The van der Waals surface area contributed by atoms with E-state index in [0.29, 0.717) is 0 Å². The van der Waals surface area contributed by atoms with Crippen LogP contribution in [0.5, 0.6) is 0 Å². The molecule has 0 bridgehead atoms. The smallest absolute Gasteiger partial charge is 0.123 e. The van der Waals surface area contributed by atoms with E-state index in [1.54, 1.807) is 23.5 Å². The molecular weight excluding hydrogens is 289 g/mol. The molecule has 4 heteroatoms. The van der Waals surface area contributed by atoms with E-state index >= 15 is 0 Å². The Bertz CT molecular complexity index is 747. The normalized spacial score (nSPS) is 10.8. The average Bonchev–Trinajstić information content (AvgIpc) is 2.92. The van der Waals surface area contributed by atoms with Gasteiger partial charge in [0.15, 0.2) is 0 Å². The number of nitrogens with zero attached hydrogens (tertiary/aromatic N) is 1. The molecule has 3 aromatic rings. The van der Waals surface area contributed by atoms with Crippen molar-refractivity contribution in [1.82, 2.24) is 4.98 Å². The summed E-state index contributed by atoms with van der Waals surface area (Å²) in [6, 6.07) is 12.5. The van der Waals surface area contributed by atoms with Crippen molar-refractivity contribution < 1.29 is 4.39 Å². The average molecular weight is 301 g/mol. The molecule has 3 rings (SSSR count). The van der Waals surface area contributed by atoms with Crippen molar-refractivity contribution in [3.8, 4) is 21.0 Å². The highest BCUT2D eigenvalue weighted by Gasteiger charge is 2.07. The van der Waals surface area contributed by atoms with Crippen LogP contribution in [0.25, 0.3) is 21.0 Å². The molecular formula is C16H12FNS2. The zero-order valence-electron chi connectivity index (χ0n) is 10.8. The molecule has 100 valence electrons. The Morgan fingerprint density at radius 2 is 1.75 bits per heavy atom. The van der Waals surface area contributed by atoms with Gasteiger partial charge in [-0.1, -0.05) is 6.07 Å². The molecule has 0 saturated carbocycles. The first kappa shape index (κ1) is 13.3. The fourth-order valence-corrected chi connectivity index (χ4v) is 3.00. The number of aryl methyl sites for hydroxylation is 1. The number of aromatic nitrogens is 1. The van der Waals surface area contributed by atoms with E-state index in [0.717, 1.165) is 31.5 Å². The zero-order chi connectivity index (χ0) is 14.1. The van der Waals surface area contributed by atoms with Crippen LogP contribution in [-0.4, -0.2) is 4.98 Å². The Morgan fingerprint density at radius 1 is 1.05 bits per heavy atom. The molecule has 0 atom stereocenters. The molecule has 0 aliphatic carbocycles. The maximum Gasteiger partial charge on any atom is 0.123 e. The van der Waals surface area contributed by atoms with Crippen molar-refractivity contribution in [3.05, 3.63) is 60.0 Å². The molecule has 0 fully saturated rings. The summed E-state index contributed by atoms with van der Waals surface area (Å²) >= 11 is 5.98. The van der Waals surface area contributed by atoms with Crippen molar-refractivity contribution in [2.45, 2.75) is 11.8 Å². The number of hydrogen-bond acceptors (Lipinski definition) is 3. The van der Waals surface area contributed by atoms with Gasteiger partial charge in [-0.25, -0.2) is 9.37 Å². The maximum atomic E-state index is 12.9. The minimum absolute atomic E-state index is 0.231. The highest BCUT2D eigenvalue weighted by Crippen LogP contribution is 2.33. The lowest BCUT2D eigenvalue weighted by Crippen LogP contribution is -1.78. The summed E-state index contributed by atoms with van der Waals surface area (Å²) in [7, 11) is 0. The van der Waals surface area contributed by atoms with Crippen molar-refractivity contribution in [3.63, 3.8) is 0 Å². The Labute approximate surface area is 126 Å². The van der Waals surface area contributed by atoms with Gasteiger partial charge in [0.2, 0.25) is 0 Å². The second-order valence-electron chi connectivity index (χ2n) is 4.54. The van der Waals surface area contributed by atoms with Crippen molar-refractivity contribution in [2.24, 2.45) is 0 Å². The summed E-state index contributed by atoms with van der Waals surface area (Å²) in [6.07, 6.45) is 1.86. The number of hydrogen-bond donors (Lipinski definition) is 1. The van der Waals surface area contributed by atoms with E-state index in [9.17, 15) is 4.39 Å². The molecule has 1 nitrogen and oxygen atoms in total. The van der Waals surface area contributed by atoms with Crippen LogP contribution in [0.15, 0.2) is 53.6 Å². The molecule has 0 N–H and O–H groups in total. The second kappa shape index (κ2) is 5.38. The van der Waals surface area contributed by atoms with Crippen molar-refractivity contribution >= 4 is 24.0 Å². The van der Waals surface area contributed by atoms with Gasteiger partial charge < -0.3 is 0 Å². The predicted molar refractivity (Wildman–Crippen MR) is 84.9 cm³/mol. The van der Waals surface area contributed by atoms with Gasteiger partial charge in [-0.05, 0) is 54.4 Å². The number of halogens is 1. The summed E-state index contributed by atoms with van der Waals surface area (Å²) in [5.41, 5.74) is 3.21. The molecule has 1 heterocycles. The molecule has 0 radical (unpaired) electrons. The SMILES string of the molecule is Cc1cc(-c2cnc(-c3ccc(F)cc3)s2)ccc1S. The minimum atomic E-state index is -0.231. The molecule has 2 aromatic carbocycles. The van der Waals surface area contributed by atoms with E-state index in [2.05, 4.69) is 23.7 Å². The number of benzene rings is 2. The minimum Gasteiger partial charge on any atom is -0.244 e. The van der Waals surface area contributed by atoms with Gasteiger partial charge in [-0.15, -0.1) is 24.0 Å². The van der Waals surface area contributed by atoms with Crippen LogP contribution in [0, 0.1) is 12.7 Å². The van der Waals surface area contributed by atoms with Crippen LogP contribution in [0.2, 0.25) is 0 Å². The Balaban J connectivity index is 1.97. The van der Waals surface area contributed by atoms with Crippen LogP contribution in [0.4, 0.5) is 4.39 Å². The second-order valence-corrected chi connectivity index (χ2v) is 6.05. The van der Waals surface area contributed by atoms with E-state index in [-0.39, 0.29) is 5.82 Å². The van der Waals surface area contributed by atoms with Gasteiger partial charge in [0, 0.05) is 16.7 Å². The molecule has 0 aliphatic rings. The third-order valence-corrected chi connectivity index (χ3v) is 4.68. The van der Waals surface area contributed by atoms with Crippen molar-refractivity contribution in [1.29, 1.82) is 0 Å². The van der Waals surface area contributed by atoms with Crippen LogP contribution in [0.3, 0.4) is 0 Å².